The first-order chi connectivity index (χ1) is 10.9. The summed E-state index contributed by atoms with van der Waals surface area (Å²) in [4.78, 5) is 22.0. The molecule has 2 aromatic rings. The van der Waals surface area contributed by atoms with E-state index in [0.29, 0.717) is 0 Å². The fourth-order valence-electron chi connectivity index (χ4n) is 2.23. The Kier molecular flexibility index (Phi) is 5.00. The molecular weight excluding hydrogens is 308 g/mol. The van der Waals surface area contributed by atoms with Crippen molar-refractivity contribution in [3.63, 3.8) is 0 Å². The van der Waals surface area contributed by atoms with Crippen molar-refractivity contribution in [3.05, 3.63) is 75.3 Å². The Balaban J connectivity index is 2.52. The van der Waals surface area contributed by atoms with Gasteiger partial charge in [-0.1, -0.05) is 18.2 Å². The largest absolute Gasteiger partial charge is 0.465 e. The van der Waals surface area contributed by atoms with Gasteiger partial charge in [0.2, 0.25) is 5.82 Å². The molecule has 0 aliphatic carbocycles. The van der Waals surface area contributed by atoms with Crippen LogP contribution in [0.1, 0.15) is 24.0 Å². The molecule has 5 nitrogen and oxygen atoms in total. The quantitative estimate of drug-likeness (QED) is 0.479. The van der Waals surface area contributed by atoms with Gasteiger partial charge < -0.3 is 4.74 Å². The number of esters is 1. The van der Waals surface area contributed by atoms with Crippen molar-refractivity contribution in [2.75, 3.05) is 6.61 Å². The van der Waals surface area contributed by atoms with Gasteiger partial charge in [0.05, 0.1) is 11.5 Å². The van der Waals surface area contributed by atoms with Gasteiger partial charge in [-0.2, -0.15) is 4.39 Å². The summed E-state index contributed by atoms with van der Waals surface area (Å²) in [5.41, 5.74) is -0.274. The van der Waals surface area contributed by atoms with E-state index in [9.17, 15) is 23.7 Å². The first-order valence-corrected chi connectivity index (χ1v) is 6.80. The molecule has 0 bridgehead atoms. The van der Waals surface area contributed by atoms with Crippen LogP contribution in [0.25, 0.3) is 0 Å². The number of ether oxygens (including phenoxy) is 1. The number of halogens is 2. The highest BCUT2D eigenvalue weighted by Gasteiger charge is 2.27. The highest BCUT2D eigenvalue weighted by Crippen LogP contribution is 2.29. The van der Waals surface area contributed by atoms with Gasteiger partial charge in [0, 0.05) is 6.07 Å². The molecule has 2 rings (SSSR count). The average Bonchev–Trinajstić information content (AvgIpc) is 2.47. The van der Waals surface area contributed by atoms with E-state index in [1.165, 1.54) is 24.3 Å². The molecule has 1 unspecified atom stereocenters. The van der Waals surface area contributed by atoms with Crippen molar-refractivity contribution >= 4 is 11.7 Å². The van der Waals surface area contributed by atoms with E-state index >= 15 is 0 Å². The third kappa shape index (κ3) is 3.68. The maximum Gasteiger partial charge on any atom is 0.317 e. The number of hydrogen-bond donors (Lipinski definition) is 0. The molecule has 120 valence electrons. The molecule has 0 heterocycles. The normalized spacial score (nSPS) is 11.8. The van der Waals surface area contributed by atoms with Crippen molar-refractivity contribution in [2.24, 2.45) is 0 Å². The zero-order chi connectivity index (χ0) is 17.0. The van der Waals surface area contributed by atoms with Crippen LogP contribution in [-0.4, -0.2) is 17.5 Å². The lowest BCUT2D eigenvalue weighted by Gasteiger charge is -2.16. The maximum atomic E-state index is 13.8. The van der Waals surface area contributed by atoms with Gasteiger partial charge in [-0.05, 0) is 36.2 Å². The summed E-state index contributed by atoms with van der Waals surface area (Å²) in [6.07, 6.45) is 0. The van der Waals surface area contributed by atoms with Gasteiger partial charge >= 0.3 is 11.7 Å². The molecule has 0 saturated carbocycles. The molecule has 0 aliphatic rings. The Hall–Kier alpha value is -2.83. The van der Waals surface area contributed by atoms with Crippen LogP contribution in [0.2, 0.25) is 0 Å². The molecule has 0 aromatic heterocycles. The van der Waals surface area contributed by atoms with Crippen molar-refractivity contribution in [1.82, 2.24) is 0 Å². The minimum absolute atomic E-state index is 0.0973. The second-order valence-corrected chi connectivity index (χ2v) is 4.71. The Morgan fingerprint density at radius 2 is 1.91 bits per heavy atom. The lowest BCUT2D eigenvalue weighted by Crippen LogP contribution is -2.17. The first-order valence-electron chi connectivity index (χ1n) is 6.80. The van der Waals surface area contributed by atoms with Gasteiger partial charge in [0.25, 0.3) is 0 Å². The zero-order valence-corrected chi connectivity index (χ0v) is 12.2. The minimum Gasteiger partial charge on any atom is -0.465 e. The van der Waals surface area contributed by atoms with E-state index in [0.717, 1.165) is 18.2 Å². The van der Waals surface area contributed by atoms with Crippen LogP contribution in [0.3, 0.4) is 0 Å². The molecule has 0 N–H and O–H groups in total. The summed E-state index contributed by atoms with van der Waals surface area (Å²) in [6, 6.07) is 8.39. The Labute approximate surface area is 130 Å². The smallest absolute Gasteiger partial charge is 0.317 e. The van der Waals surface area contributed by atoms with Crippen LogP contribution in [-0.2, 0) is 9.53 Å². The molecule has 23 heavy (non-hydrogen) atoms. The standard InChI is InChI=1S/C16H13F2NO4/c1-2-23-16(20)15(10-4-3-5-12(17)8-10)11-6-7-14(19(21)22)13(18)9-11/h3-9,15H,2H2,1H3. The molecule has 1 atom stereocenters. The number of hydrogen-bond acceptors (Lipinski definition) is 4. The molecule has 0 amide bonds. The summed E-state index contributed by atoms with van der Waals surface area (Å²) in [5, 5.41) is 10.7. The SMILES string of the molecule is CCOC(=O)C(c1cccc(F)c1)c1ccc([N+](=O)[O-])c(F)c1. The molecular formula is C16H13F2NO4. The predicted molar refractivity (Wildman–Crippen MR) is 77.9 cm³/mol. The van der Waals surface area contributed by atoms with E-state index in [2.05, 4.69) is 0 Å². The Bertz CT molecular complexity index is 749. The summed E-state index contributed by atoms with van der Waals surface area (Å²) < 4.78 is 32.2. The van der Waals surface area contributed by atoms with Crippen LogP contribution in [0.5, 0.6) is 0 Å². The van der Waals surface area contributed by atoms with E-state index < -0.39 is 34.1 Å². The number of rotatable bonds is 5. The summed E-state index contributed by atoms with van der Waals surface area (Å²) in [6.45, 7) is 1.71. The Morgan fingerprint density at radius 1 is 1.22 bits per heavy atom. The highest BCUT2D eigenvalue weighted by molar-refractivity contribution is 5.82. The summed E-state index contributed by atoms with van der Waals surface area (Å²) in [7, 11) is 0. The lowest BCUT2D eigenvalue weighted by atomic mass is 9.91. The first kappa shape index (κ1) is 16.5. The third-order valence-corrected chi connectivity index (χ3v) is 3.21. The number of benzene rings is 2. The lowest BCUT2D eigenvalue weighted by molar-refractivity contribution is -0.387. The average molecular weight is 321 g/mol. The Morgan fingerprint density at radius 3 is 2.48 bits per heavy atom. The van der Waals surface area contributed by atoms with Crippen LogP contribution in [0, 0.1) is 21.7 Å². The van der Waals surface area contributed by atoms with Gasteiger partial charge in [0.1, 0.15) is 11.7 Å². The van der Waals surface area contributed by atoms with Crippen molar-refractivity contribution in [3.8, 4) is 0 Å². The number of nitrogens with zero attached hydrogens (tertiary/aromatic N) is 1. The number of carbonyl (C=O) groups excluding carboxylic acids is 1. The topological polar surface area (TPSA) is 69.4 Å². The van der Waals surface area contributed by atoms with Gasteiger partial charge in [0.15, 0.2) is 0 Å². The molecule has 0 fully saturated rings. The molecule has 0 radical (unpaired) electrons. The van der Waals surface area contributed by atoms with Crippen molar-refractivity contribution in [1.29, 1.82) is 0 Å². The van der Waals surface area contributed by atoms with Crippen LogP contribution < -0.4 is 0 Å². The van der Waals surface area contributed by atoms with Crippen LogP contribution in [0.15, 0.2) is 42.5 Å². The van der Waals surface area contributed by atoms with Gasteiger partial charge in [-0.3, -0.25) is 14.9 Å². The number of carbonyl (C=O) groups is 1. The van der Waals surface area contributed by atoms with Gasteiger partial charge in [-0.25, -0.2) is 4.39 Å². The predicted octanol–water partition coefficient (Wildman–Crippen LogP) is 3.57. The minimum atomic E-state index is -1.07. The molecule has 0 spiro atoms. The molecule has 0 aliphatic heterocycles. The maximum absolute atomic E-state index is 13.8. The van der Waals surface area contributed by atoms with E-state index in [4.69, 9.17) is 4.74 Å². The van der Waals surface area contributed by atoms with Crippen molar-refractivity contribution in [2.45, 2.75) is 12.8 Å². The second kappa shape index (κ2) is 6.95. The van der Waals surface area contributed by atoms with E-state index in [-0.39, 0.29) is 17.7 Å². The summed E-state index contributed by atoms with van der Waals surface area (Å²) >= 11 is 0. The zero-order valence-electron chi connectivity index (χ0n) is 12.2. The fraction of sp³-hybridized carbons (Fsp3) is 0.188. The van der Waals surface area contributed by atoms with Crippen molar-refractivity contribution < 1.29 is 23.2 Å². The third-order valence-electron chi connectivity index (χ3n) is 3.21. The molecule has 7 heteroatoms. The van der Waals surface area contributed by atoms with E-state index in [1.807, 2.05) is 0 Å². The van der Waals surface area contributed by atoms with Crippen LogP contribution >= 0.6 is 0 Å². The number of nitro benzene ring substituents is 1. The fourth-order valence-corrected chi connectivity index (χ4v) is 2.23. The van der Waals surface area contributed by atoms with E-state index in [1.54, 1.807) is 6.92 Å². The van der Waals surface area contributed by atoms with Gasteiger partial charge in [-0.15, -0.1) is 0 Å². The highest BCUT2D eigenvalue weighted by atomic mass is 19.1. The summed E-state index contributed by atoms with van der Waals surface area (Å²) in [5.74, 6) is -3.38. The number of nitro groups is 1. The van der Waals surface area contributed by atoms with Crippen LogP contribution in [0.4, 0.5) is 14.5 Å². The monoisotopic (exact) mass is 321 g/mol. The molecule has 0 saturated heterocycles. The molecule has 2 aromatic carbocycles. The second-order valence-electron chi connectivity index (χ2n) is 4.71.